The van der Waals surface area contributed by atoms with Crippen LogP contribution in [0.1, 0.15) is 89.4 Å². The van der Waals surface area contributed by atoms with Gasteiger partial charge in [0.25, 0.3) is 0 Å². The van der Waals surface area contributed by atoms with Gasteiger partial charge in [-0.2, -0.15) is 0 Å². The Morgan fingerprint density at radius 1 is 1.20 bits per heavy atom. The van der Waals surface area contributed by atoms with Crippen LogP contribution in [0.25, 0.3) is 6.08 Å². The number of aliphatic carboxylic acids is 1. The first-order valence-corrected chi connectivity index (χ1v) is 14.1. The number of oxazole rings is 1. The molecule has 41 heavy (non-hydrogen) atoms. The van der Waals surface area contributed by atoms with Crippen molar-refractivity contribution >= 4 is 18.0 Å². The minimum absolute atomic E-state index is 0. The number of hydrogen-bond acceptors (Lipinski definition) is 6. The van der Waals surface area contributed by atoms with Gasteiger partial charge in [0, 0.05) is 24.6 Å². The topological polar surface area (TPSA) is 119 Å². The summed E-state index contributed by atoms with van der Waals surface area (Å²) in [5.41, 5.74) is 7.89. The fraction of sp³-hybridized carbons (Fsp3) is 0.485. The van der Waals surface area contributed by atoms with Crippen molar-refractivity contribution in [2.45, 2.75) is 86.2 Å². The first kappa shape index (κ1) is 33.6. The standard InChI is InChI=1S/C29H36N2O5.C4H11N/c1-6-7-8-11-26(32)31-17-14-21-12-13-22(19-23(21)27(31)28(33)34)35-18-15-24-20(2)36-25(30-24)10-9-16-29(3,4)5;1-4(2,3)5/h6-13,19,27H,14-18H2,1-5H3,(H,33,34);5H2,1-3H3/b7-6?,10-9+,11-8?;. The molecule has 8 nitrogen and oxygen atoms in total. The molecule has 0 radical (unpaired) electrons. The normalized spacial score (nSPS) is 15.7. The third kappa shape index (κ3) is 11.8. The van der Waals surface area contributed by atoms with Crippen LogP contribution in [0.2, 0.25) is 0 Å². The molecule has 0 bridgehead atoms. The van der Waals surface area contributed by atoms with E-state index in [9.17, 15) is 14.7 Å². The van der Waals surface area contributed by atoms with Gasteiger partial charge in [-0.05, 0) is 82.2 Å². The highest BCUT2D eigenvalue weighted by atomic mass is 16.5. The van der Waals surface area contributed by atoms with Crippen LogP contribution in [0.15, 0.2) is 53.0 Å². The number of carbonyl (C=O) groups is 2. The quantitative estimate of drug-likeness (QED) is 0.265. The van der Waals surface area contributed by atoms with Gasteiger partial charge in [0.15, 0.2) is 6.04 Å². The summed E-state index contributed by atoms with van der Waals surface area (Å²) in [6.07, 6.45) is 12.6. The molecule has 1 unspecified atom stereocenters. The molecular weight excluding hydrogens is 518 g/mol. The molecule has 3 N–H and O–H groups in total. The van der Waals surface area contributed by atoms with E-state index in [-0.39, 0.29) is 16.9 Å². The van der Waals surface area contributed by atoms with Crippen molar-refractivity contribution in [3.63, 3.8) is 0 Å². The molecule has 2 heterocycles. The number of nitrogens with two attached hydrogens (primary N) is 1. The number of benzene rings is 1. The lowest BCUT2D eigenvalue weighted by Gasteiger charge is -2.34. The highest BCUT2D eigenvalue weighted by Gasteiger charge is 2.35. The van der Waals surface area contributed by atoms with Crippen molar-refractivity contribution in [2.24, 2.45) is 11.1 Å². The Kier molecular flexibility index (Phi) is 12.1. The third-order valence-corrected chi connectivity index (χ3v) is 5.91. The van der Waals surface area contributed by atoms with Crippen LogP contribution in [0.3, 0.4) is 0 Å². The van der Waals surface area contributed by atoms with Gasteiger partial charge >= 0.3 is 5.97 Å². The predicted octanol–water partition coefficient (Wildman–Crippen LogP) is 6.44. The second kappa shape index (κ2) is 14.8. The zero-order chi connectivity index (χ0) is 30.8. The molecule has 0 aliphatic carbocycles. The van der Waals surface area contributed by atoms with E-state index in [1.165, 1.54) is 11.0 Å². The van der Waals surface area contributed by atoms with Crippen LogP contribution < -0.4 is 10.5 Å². The van der Waals surface area contributed by atoms with E-state index in [2.05, 4.69) is 31.8 Å². The van der Waals surface area contributed by atoms with Crippen LogP contribution in [-0.4, -0.2) is 45.6 Å². The Balaban J connectivity index is 0.00000108. The molecule has 1 aliphatic rings. The van der Waals surface area contributed by atoms with Gasteiger partial charge in [0.2, 0.25) is 11.8 Å². The van der Waals surface area contributed by atoms with Crippen molar-refractivity contribution < 1.29 is 23.8 Å². The Hall–Kier alpha value is -3.65. The van der Waals surface area contributed by atoms with Crippen molar-refractivity contribution in [3.8, 4) is 5.75 Å². The summed E-state index contributed by atoms with van der Waals surface area (Å²) in [6.45, 7) is 16.9. The Bertz CT molecular complexity index is 1250. The van der Waals surface area contributed by atoms with Crippen molar-refractivity contribution in [3.05, 3.63) is 77.1 Å². The first-order valence-electron chi connectivity index (χ1n) is 14.1. The maximum atomic E-state index is 12.7. The van der Waals surface area contributed by atoms with Gasteiger partial charge in [0.1, 0.15) is 11.5 Å². The second-order valence-corrected chi connectivity index (χ2v) is 12.5. The van der Waals surface area contributed by atoms with Crippen LogP contribution in [0, 0.1) is 12.3 Å². The number of allylic oxidation sites excluding steroid dienone is 4. The summed E-state index contributed by atoms with van der Waals surface area (Å²) >= 11 is 0. The van der Waals surface area contributed by atoms with Gasteiger partial charge in [0.05, 0.1) is 12.3 Å². The number of hydrogen-bond donors (Lipinski definition) is 2. The summed E-state index contributed by atoms with van der Waals surface area (Å²) in [5.74, 6) is 0.506. The second-order valence-electron chi connectivity index (χ2n) is 12.5. The van der Waals surface area contributed by atoms with Crippen LogP contribution >= 0.6 is 0 Å². The fourth-order valence-electron chi connectivity index (χ4n) is 4.06. The summed E-state index contributed by atoms with van der Waals surface area (Å²) in [4.78, 5) is 30.7. The zero-order valence-electron chi connectivity index (χ0n) is 25.9. The Morgan fingerprint density at radius 3 is 2.49 bits per heavy atom. The molecule has 224 valence electrons. The average molecular weight is 566 g/mol. The number of carboxylic acids is 1. The highest BCUT2D eigenvalue weighted by molar-refractivity contribution is 5.92. The minimum Gasteiger partial charge on any atom is -0.493 e. The number of fused-ring (bicyclic) bond motifs is 1. The molecular formula is C33H47N3O5. The summed E-state index contributed by atoms with van der Waals surface area (Å²) in [7, 11) is 0. The van der Waals surface area contributed by atoms with Crippen molar-refractivity contribution in [1.29, 1.82) is 0 Å². The van der Waals surface area contributed by atoms with E-state index in [4.69, 9.17) is 14.9 Å². The third-order valence-electron chi connectivity index (χ3n) is 5.91. The lowest BCUT2D eigenvalue weighted by Crippen LogP contribution is -2.42. The predicted molar refractivity (Wildman–Crippen MR) is 164 cm³/mol. The molecule has 1 aliphatic heterocycles. The van der Waals surface area contributed by atoms with Crippen molar-refractivity contribution in [2.75, 3.05) is 13.2 Å². The number of ether oxygens (including phenoxy) is 1. The van der Waals surface area contributed by atoms with E-state index in [1.807, 2.05) is 52.8 Å². The Morgan fingerprint density at radius 2 is 1.88 bits per heavy atom. The maximum Gasteiger partial charge on any atom is 0.331 e. The number of nitrogens with zero attached hydrogens (tertiary/aromatic N) is 2. The SMILES string of the molecule is CC(C)(C)N.CC=CC=CC(=O)N1CCc2ccc(OCCc3nc(/C=C/CC(C)(C)C)oc3C)cc2C1C(=O)O. The molecule has 8 heteroatoms. The molecule has 1 aromatic carbocycles. The van der Waals surface area contributed by atoms with Gasteiger partial charge in [-0.3, -0.25) is 4.79 Å². The average Bonchev–Trinajstić information content (AvgIpc) is 3.20. The summed E-state index contributed by atoms with van der Waals surface area (Å²) in [6, 6.07) is 4.41. The van der Waals surface area contributed by atoms with E-state index in [1.54, 1.807) is 24.3 Å². The molecule has 0 saturated heterocycles. The number of carboxylic acid groups (broad SMARTS) is 1. The van der Waals surface area contributed by atoms with E-state index < -0.39 is 12.0 Å². The minimum atomic E-state index is -1.06. The molecule has 0 spiro atoms. The Labute approximate surface area is 245 Å². The summed E-state index contributed by atoms with van der Waals surface area (Å²) < 4.78 is 11.7. The fourth-order valence-corrected chi connectivity index (χ4v) is 4.06. The largest absolute Gasteiger partial charge is 0.493 e. The number of aromatic nitrogens is 1. The van der Waals surface area contributed by atoms with E-state index in [0.29, 0.717) is 43.2 Å². The maximum absolute atomic E-state index is 12.7. The molecule has 0 fully saturated rings. The molecule has 1 amide bonds. The molecule has 3 rings (SSSR count). The van der Waals surface area contributed by atoms with Gasteiger partial charge in [-0.25, -0.2) is 9.78 Å². The monoisotopic (exact) mass is 565 g/mol. The van der Waals surface area contributed by atoms with Crippen LogP contribution in [0.5, 0.6) is 5.75 Å². The lowest BCUT2D eigenvalue weighted by molar-refractivity contribution is -0.149. The number of aryl methyl sites for hydroxylation is 1. The number of rotatable bonds is 9. The van der Waals surface area contributed by atoms with Crippen LogP contribution in [-0.2, 0) is 22.4 Å². The lowest BCUT2D eigenvalue weighted by atomic mass is 9.92. The molecule has 1 aromatic heterocycles. The molecule has 2 aromatic rings. The highest BCUT2D eigenvalue weighted by Crippen LogP contribution is 2.33. The van der Waals surface area contributed by atoms with Crippen molar-refractivity contribution in [1.82, 2.24) is 9.88 Å². The van der Waals surface area contributed by atoms with Gasteiger partial charge in [-0.15, -0.1) is 0 Å². The first-order chi connectivity index (χ1) is 19.1. The van der Waals surface area contributed by atoms with E-state index in [0.717, 1.165) is 23.4 Å². The zero-order valence-corrected chi connectivity index (χ0v) is 25.9. The summed E-state index contributed by atoms with van der Waals surface area (Å²) in [5, 5.41) is 9.93. The van der Waals surface area contributed by atoms with Gasteiger partial charge in [-0.1, -0.05) is 51.1 Å². The number of amides is 1. The smallest absolute Gasteiger partial charge is 0.331 e. The van der Waals surface area contributed by atoms with E-state index >= 15 is 0 Å². The molecule has 0 saturated carbocycles. The van der Waals surface area contributed by atoms with Gasteiger partial charge < -0.3 is 24.9 Å². The molecule has 1 atom stereocenters. The van der Waals surface area contributed by atoms with Crippen LogP contribution in [0.4, 0.5) is 0 Å². The number of carbonyl (C=O) groups excluding carboxylic acids is 1.